The van der Waals surface area contributed by atoms with Gasteiger partial charge in [-0.25, -0.2) is 4.98 Å². The smallest absolute Gasteiger partial charge is 0.225 e. The zero-order valence-corrected chi connectivity index (χ0v) is 12.5. The maximum Gasteiger partial charge on any atom is 0.225 e. The largest absolute Gasteiger partial charge is 0.497 e. The number of benzene rings is 1. The van der Waals surface area contributed by atoms with Gasteiger partial charge in [0.05, 0.1) is 7.11 Å². The lowest BCUT2D eigenvalue weighted by atomic mass is 10.3. The molecule has 1 N–H and O–H groups in total. The second kappa shape index (κ2) is 7.00. The van der Waals surface area contributed by atoms with Crippen LogP contribution in [0.15, 0.2) is 35.5 Å². The van der Waals surface area contributed by atoms with Gasteiger partial charge in [-0.1, -0.05) is 17.8 Å². The van der Waals surface area contributed by atoms with Crippen molar-refractivity contribution in [2.24, 2.45) is 0 Å². The number of nitrogens with zero attached hydrogens (tertiary/aromatic N) is 2. The third kappa shape index (κ3) is 3.77. The second-order valence-electron chi connectivity index (χ2n) is 3.89. The first-order valence-electron chi connectivity index (χ1n) is 6.24. The van der Waals surface area contributed by atoms with E-state index >= 15 is 0 Å². The maximum atomic E-state index is 5.77. The number of nitrogens with one attached hydrogen (secondary N) is 1. The summed E-state index contributed by atoms with van der Waals surface area (Å²) in [6.45, 7) is 2.81. The van der Waals surface area contributed by atoms with Gasteiger partial charge >= 0.3 is 0 Å². The normalized spacial score (nSPS) is 10.2. The Balaban J connectivity index is 2.24. The molecular weight excluding hydrogens is 274 g/mol. The molecule has 1 aromatic carbocycles. The summed E-state index contributed by atoms with van der Waals surface area (Å²) >= 11 is 1.47. The number of hydrogen-bond acceptors (Lipinski definition) is 6. The fraction of sp³-hybridized carbons (Fsp3) is 0.286. The predicted molar refractivity (Wildman–Crippen MR) is 81.0 cm³/mol. The molecule has 0 saturated carbocycles. The molecule has 0 radical (unpaired) electrons. The van der Waals surface area contributed by atoms with Crippen molar-refractivity contribution in [3.05, 3.63) is 30.3 Å². The highest BCUT2D eigenvalue weighted by molar-refractivity contribution is 7.98. The third-order valence-corrected chi connectivity index (χ3v) is 3.03. The van der Waals surface area contributed by atoms with Gasteiger partial charge in [0.25, 0.3) is 0 Å². The molecule has 0 bridgehead atoms. The van der Waals surface area contributed by atoms with Gasteiger partial charge < -0.3 is 14.8 Å². The highest BCUT2D eigenvalue weighted by Crippen LogP contribution is 2.26. The second-order valence-corrected chi connectivity index (χ2v) is 4.66. The molecule has 0 amide bonds. The molecule has 2 aromatic rings. The quantitative estimate of drug-likeness (QED) is 0.650. The lowest BCUT2D eigenvalue weighted by Crippen LogP contribution is -2.02. The molecule has 2 rings (SSSR count). The summed E-state index contributed by atoms with van der Waals surface area (Å²) in [5, 5.41) is 3.83. The minimum absolute atomic E-state index is 0.508. The van der Waals surface area contributed by atoms with Gasteiger partial charge in [-0.3, -0.25) is 0 Å². The Morgan fingerprint density at radius 3 is 2.70 bits per heavy atom. The molecule has 5 nitrogen and oxygen atoms in total. The van der Waals surface area contributed by atoms with Crippen molar-refractivity contribution in [3.63, 3.8) is 0 Å². The van der Waals surface area contributed by atoms with Crippen molar-refractivity contribution in [2.75, 3.05) is 25.2 Å². The number of rotatable bonds is 6. The van der Waals surface area contributed by atoms with E-state index in [1.54, 1.807) is 13.2 Å². The Kier molecular flexibility index (Phi) is 5.06. The van der Waals surface area contributed by atoms with Crippen LogP contribution in [0.4, 0.5) is 5.82 Å². The molecular formula is C14H17N3O2S. The SMILES string of the molecule is CCNc1cc(Oc2cccc(OC)c2)nc(SC)n1. The molecule has 106 valence electrons. The Hall–Kier alpha value is -1.95. The highest BCUT2D eigenvalue weighted by Gasteiger charge is 2.06. The van der Waals surface area contributed by atoms with E-state index in [2.05, 4.69) is 15.3 Å². The van der Waals surface area contributed by atoms with E-state index < -0.39 is 0 Å². The first-order chi connectivity index (χ1) is 9.75. The molecule has 0 unspecified atom stereocenters. The number of aromatic nitrogens is 2. The van der Waals surface area contributed by atoms with E-state index in [4.69, 9.17) is 9.47 Å². The molecule has 20 heavy (non-hydrogen) atoms. The molecule has 0 aliphatic carbocycles. The third-order valence-electron chi connectivity index (χ3n) is 2.49. The van der Waals surface area contributed by atoms with Crippen LogP contribution in [0, 0.1) is 0 Å². The molecule has 0 aliphatic heterocycles. The first-order valence-corrected chi connectivity index (χ1v) is 7.46. The Labute approximate surface area is 122 Å². The van der Waals surface area contributed by atoms with Gasteiger partial charge in [0.15, 0.2) is 5.16 Å². The Bertz CT molecular complexity index is 578. The van der Waals surface area contributed by atoms with Gasteiger partial charge in [0.2, 0.25) is 5.88 Å². The number of hydrogen-bond donors (Lipinski definition) is 1. The van der Waals surface area contributed by atoms with Crippen LogP contribution in [0.25, 0.3) is 0 Å². The standard InChI is InChI=1S/C14H17N3O2S/c1-4-15-12-9-13(17-14(16-12)20-3)19-11-7-5-6-10(8-11)18-2/h5-9H,4H2,1-3H3,(H,15,16,17). The summed E-state index contributed by atoms with van der Waals surface area (Å²) < 4.78 is 10.9. The fourth-order valence-electron chi connectivity index (χ4n) is 1.60. The van der Waals surface area contributed by atoms with Crippen LogP contribution in [0.1, 0.15) is 6.92 Å². The van der Waals surface area contributed by atoms with Gasteiger partial charge in [-0.2, -0.15) is 4.98 Å². The summed E-state index contributed by atoms with van der Waals surface area (Å²) in [6, 6.07) is 9.19. The summed E-state index contributed by atoms with van der Waals surface area (Å²) in [4.78, 5) is 8.69. The van der Waals surface area contributed by atoms with Crippen LogP contribution < -0.4 is 14.8 Å². The van der Waals surface area contributed by atoms with Gasteiger partial charge in [0, 0.05) is 18.7 Å². The lowest BCUT2D eigenvalue weighted by Gasteiger charge is -2.09. The van der Waals surface area contributed by atoms with Crippen LogP contribution >= 0.6 is 11.8 Å². The zero-order chi connectivity index (χ0) is 14.4. The summed E-state index contributed by atoms with van der Waals surface area (Å²) in [7, 11) is 1.62. The fourth-order valence-corrected chi connectivity index (χ4v) is 1.98. The van der Waals surface area contributed by atoms with E-state index in [0.717, 1.165) is 18.1 Å². The van der Waals surface area contributed by atoms with Gasteiger partial charge in [-0.15, -0.1) is 0 Å². The van der Waals surface area contributed by atoms with Crippen LogP contribution in [-0.4, -0.2) is 29.9 Å². The van der Waals surface area contributed by atoms with Crippen molar-refractivity contribution >= 4 is 17.6 Å². The summed E-state index contributed by atoms with van der Waals surface area (Å²) in [5.41, 5.74) is 0. The van der Waals surface area contributed by atoms with Crippen molar-refractivity contribution in [1.29, 1.82) is 0 Å². The Morgan fingerprint density at radius 1 is 1.20 bits per heavy atom. The molecule has 0 aliphatic rings. The average Bonchev–Trinajstić information content (AvgIpc) is 2.47. The lowest BCUT2D eigenvalue weighted by molar-refractivity contribution is 0.406. The minimum Gasteiger partial charge on any atom is -0.497 e. The molecule has 1 aromatic heterocycles. The van der Waals surface area contributed by atoms with Crippen molar-refractivity contribution in [1.82, 2.24) is 9.97 Å². The van der Waals surface area contributed by atoms with Crippen LogP contribution in [-0.2, 0) is 0 Å². The Morgan fingerprint density at radius 2 is 2.00 bits per heavy atom. The average molecular weight is 291 g/mol. The van der Waals surface area contributed by atoms with Crippen LogP contribution in [0.2, 0.25) is 0 Å². The van der Waals surface area contributed by atoms with Gasteiger partial charge in [-0.05, 0) is 25.3 Å². The van der Waals surface area contributed by atoms with E-state index in [1.807, 2.05) is 37.4 Å². The monoisotopic (exact) mass is 291 g/mol. The maximum absolute atomic E-state index is 5.77. The van der Waals surface area contributed by atoms with Gasteiger partial charge in [0.1, 0.15) is 17.3 Å². The molecule has 0 atom stereocenters. The van der Waals surface area contributed by atoms with Crippen LogP contribution in [0.5, 0.6) is 17.4 Å². The number of ether oxygens (including phenoxy) is 2. The zero-order valence-electron chi connectivity index (χ0n) is 11.7. The molecule has 0 fully saturated rings. The molecule has 0 saturated heterocycles. The summed E-state index contributed by atoms with van der Waals surface area (Å²) in [5.74, 6) is 2.68. The van der Waals surface area contributed by atoms with Crippen LogP contribution in [0.3, 0.4) is 0 Å². The molecule has 0 spiro atoms. The predicted octanol–water partition coefficient (Wildman–Crippen LogP) is 3.43. The van der Waals surface area contributed by atoms with E-state index in [-0.39, 0.29) is 0 Å². The van der Waals surface area contributed by atoms with E-state index in [1.165, 1.54) is 11.8 Å². The van der Waals surface area contributed by atoms with E-state index in [9.17, 15) is 0 Å². The van der Waals surface area contributed by atoms with Crippen molar-refractivity contribution < 1.29 is 9.47 Å². The highest BCUT2D eigenvalue weighted by atomic mass is 32.2. The molecule has 1 heterocycles. The topological polar surface area (TPSA) is 56.3 Å². The summed E-state index contributed by atoms with van der Waals surface area (Å²) in [6.07, 6.45) is 1.93. The number of thioether (sulfide) groups is 1. The molecule has 6 heteroatoms. The number of anilines is 1. The van der Waals surface area contributed by atoms with Crippen molar-refractivity contribution in [3.8, 4) is 17.4 Å². The van der Waals surface area contributed by atoms with Crippen molar-refractivity contribution in [2.45, 2.75) is 12.1 Å². The van der Waals surface area contributed by atoms with E-state index in [0.29, 0.717) is 16.8 Å². The number of methoxy groups -OCH3 is 1. The first kappa shape index (κ1) is 14.5. The minimum atomic E-state index is 0.508.